The van der Waals surface area contributed by atoms with E-state index in [0.717, 1.165) is 31.7 Å². The van der Waals surface area contributed by atoms with Gasteiger partial charge in [0.1, 0.15) is 5.76 Å². The Morgan fingerprint density at radius 3 is 2.50 bits per heavy atom. The highest BCUT2D eigenvalue weighted by molar-refractivity contribution is 8.04. The average molecular weight is 336 g/mol. The number of allylic oxidation sites excluding steroid dienone is 1. The average Bonchev–Trinajstić information content (AvgIpc) is 2.77. The zero-order valence-electron chi connectivity index (χ0n) is 12.9. The second-order valence-electron chi connectivity index (χ2n) is 6.50. The highest BCUT2D eigenvalue weighted by Crippen LogP contribution is 2.51. The number of rotatable bonds is 1. The van der Waals surface area contributed by atoms with Gasteiger partial charge in [0.25, 0.3) is 0 Å². The molecular formula is C15H19F3O3S. The van der Waals surface area contributed by atoms with Crippen molar-refractivity contribution in [3.05, 3.63) is 22.5 Å². The molecule has 0 aromatic rings. The van der Waals surface area contributed by atoms with E-state index in [9.17, 15) is 18.0 Å². The Morgan fingerprint density at radius 2 is 2.00 bits per heavy atom. The first-order valence-corrected chi connectivity index (χ1v) is 7.86. The standard InChI is InChI=1S/C15H19F3O3S/c1-14(2,3)8-5-6-9-10(7-8)22-13(21-9)11(12(19)20-4)15(16,17)18/h6,8,10H,5,7H2,1-4H3/b13-11-. The summed E-state index contributed by atoms with van der Waals surface area (Å²) in [6.07, 6.45) is -1.46. The third kappa shape index (κ3) is 3.45. The molecule has 0 aromatic carbocycles. The summed E-state index contributed by atoms with van der Waals surface area (Å²) >= 11 is 0.961. The summed E-state index contributed by atoms with van der Waals surface area (Å²) in [7, 11) is 0.927. The topological polar surface area (TPSA) is 35.5 Å². The summed E-state index contributed by atoms with van der Waals surface area (Å²) in [6, 6.07) is 0. The van der Waals surface area contributed by atoms with E-state index in [0.29, 0.717) is 11.7 Å². The van der Waals surface area contributed by atoms with E-state index in [1.807, 2.05) is 6.08 Å². The van der Waals surface area contributed by atoms with Crippen LogP contribution < -0.4 is 0 Å². The van der Waals surface area contributed by atoms with Gasteiger partial charge in [-0.05, 0) is 30.3 Å². The van der Waals surface area contributed by atoms with Gasteiger partial charge < -0.3 is 9.47 Å². The van der Waals surface area contributed by atoms with Gasteiger partial charge in [-0.15, -0.1) is 0 Å². The zero-order chi connectivity index (χ0) is 16.7. The predicted octanol–water partition coefficient (Wildman–Crippen LogP) is 4.41. The SMILES string of the molecule is COC(=O)/C(=C1\OC2=CCC(C(C)(C)C)CC2S1)C(F)(F)F. The molecular weight excluding hydrogens is 317 g/mol. The first kappa shape index (κ1) is 17.2. The molecule has 2 atom stereocenters. The van der Waals surface area contributed by atoms with Crippen molar-refractivity contribution in [1.29, 1.82) is 0 Å². The van der Waals surface area contributed by atoms with Gasteiger partial charge in [0, 0.05) is 0 Å². The molecule has 1 saturated heterocycles. The lowest BCUT2D eigenvalue weighted by Gasteiger charge is -2.34. The quantitative estimate of drug-likeness (QED) is 0.525. The number of hydrogen-bond acceptors (Lipinski definition) is 4. The summed E-state index contributed by atoms with van der Waals surface area (Å²) in [5.74, 6) is -0.531. The second-order valence-corrected chi connectivity index (χ2v) is 7.68. The maximum absolute atomic E-state index is 13.1. The van der Waals surface area contributed by atoms with Crippen molar-refractivity contribution in [3.63, 3.8) is 0 Å². The molecule has 1 heterocycles. The molecule has 0 saturated carbocycles. The summed E-state index contributed by atoms with van der Waals surface area (Å²) in [5, 5.41) is -0.569. The number of carbonyl (C=O) groups is 1. The van der Waals surface area contributed by atoms with Crippen molar-refractivity contribution in [2.75, 3.05) is 7.11 Å². The van der Waals surface area contributed by atoms with Crippen LogP contribution in [0.3, 0.4) is 0 Å². The maximum Gasteiger partial charge on any atom is 0.427 e. The lowest BCUT2D eigenvalue weighted by atomic mass is 9.74. The van der Waals surface area contributed by atoms with Gasteiger partial charge >= 0.3 is 12.1 Å². The van der Waals surface area contributed by atoms with Crippen LogP contribution in [-0.4, -0.2) is 24.5 Å². The van der Waals surface area contributed by atoms with Crippen LogP contribution in [0.4, 0.5) is 13.2 Å². The van der Waals surface area contributed by atoms with Crippen LogP contribution in [0.1, 0.15) is 33.6 Å². The van der Waals surface area contributed by atoms with Gasteiger partial charge in [0.05, 0.1) is 12.4 Å². The minimum atomic E-state index is -4.80. The van der Waals surface area contributed by atoms with Crippen LogP contribution in [0, 0.1) is 11.3 Å². The van der Waals surface area contributed by atoms with Crippen LogP contribution in [0.5, 0.6) is 0 Å². The van der Waals surface area contributed by atoms with Gasteiger partial charge in [0.2, 0.25) is 0 Å². The van der Waals surface area contributed by atoms with Crippen molar-refractivity contribution < 1.29 is 27.4 Å². The number of carbonyl (C=O) groups excluding carboxylic acids is 1. The lowest BCUT2D eigenvalue weighted by molar-refractivity contribution is -0.148. The Labute approximate surface area is 131 Å². The summed E-state index contributed by atoms with van der Waals surface area (Å²) in [5.41, 5.74) is -1.29. The van der Waals surface area contributed by atoms with Crippen molar-refractivity contribution in [2.24, 2.45) is 11.3 Å². The highest BCUT2D eigenvalue weighted by atomic mass is 32.2. The Hall–Kier alpha value is -1.11. The molecule has 2 rings (SSSR count). The lowest BCUT2D eigenvalue weighted by Crippen LogP contribution is -2.26. The van der Waals surface area contributed by atoms with Gasteiger partial charge in [-0.1, -0.05) is 32.5 Å². The Morgan fingerprint density at radius 1 is 1.36 bits per heavy atom. The summed E-state index contributed by atoms with van der Waals surface area (Å²) < 4.78 is 48.8. The van der Waals surface area contributed by atoms with Crippen LogP contribution in [0.15, 0.2) is 22.5 Å². The Balaban J connectivity index is 2.29. The summed E-state index contributed by atoms with van der Waals surface area (Å²) in [6.45, 7) is 6.34. The van der Waals surface area contributed by atoms with E-state index in [1.165, 1.54) is 0 Å². The number of ether oxygens (including phenoxy) is 2. The molecule has 0 N–H and O–H groups in total. The van der Waals surface area contributed by atoms with Crippen molar-refractivity contribution in [2.45, 2.75) is 45.0 Å². The third-order valence-electron chi connectivity index (χ3n) is 3.98. The number of esters is 1. The van der Waals surface area contributed by atoms with Crippen LogP contribution in [-0.2, 0) is 14.3 Å². The highest BCUT2D eigenvalue weighted by Gasteiger charge is 2.47. The Kier molecular flexibility index (Phi) is 4.57. The van der Waals surface area contributed by atoms with E-state index in [2.05, 4.69) is 25.5 Å². The molecule has 1 aliphatic carbocycles. The molecule has 2 aliphatic rings. The monoisotopic (exact) mass is 336 g/mol. The number of hydrogen-bond donors (Lipinski definition) is 0. The van der Waals surface area contributed by atoms with Gasteiger partial charge in [-0.25, -0.2) is 4.79 Å². The van der Waals surface area contributed by atoms with Crippen LogP contribution in [0.25, 0.3) is 0 Å². The first-order valence-electron chi connectivity index (χ1n) is 6.98. The van der Waals surface area contributed by atoms with E-state index in [1.54, 1.807) is 0 Å². The third-order valence-corrected chi connectivity index (χ3v) is 5.19. The predicted molar refractivity (Wildman–Crippen MR) is 77.8 cm³/mol. The van der Waals surface area contributed by atoms with Crippen molar-refractivity contribution in [3.8, 4) is 0 Å². The molecule has 0 amide bonds. The van der Waals surface area contributed by atoms with Crippen LogP contribution >= 0.6 is 11.8 Å². The zero-order valence-corrected chi connectivity index (χ0v) is 13.7. The fourth-order valence-corrected chi connectivity index (χ4v) is 3.88. The van der Waals surface area contributed by atoms with E-state index >= 15 is 0 Å². The minimum absolute atomic E-state index is 0.0737. The van der Waals surface area contributed by atoms with E-state index in [4.69, 9.17) is 4.74 Å². The molecule has 0 spiro atoms. The molecule has 0 bridgehead atoms. The Bertz CT molecular complexity index is 529. The minimum Gasteiger partial charge on any atom is -0.465 e. The van der Waals surface area contributed by atoms with Gasteiger partial charge in [-0.2, -0.15) is 13.2 Å². The normalized spacial score (nSPS) is 27.7. The largest absolute Gasteiger partial charge is 0.465 e. The fraction of sp³-hybridized carbons (Fsp3) is 0.667. The fourth-order valence-electron chi connectivity index (χ4n) is 2.57. The maximum atomic E-state index is 13.1. The number of alkyl halides is 3. The van der Waals surface area contributed by atoms with Crippen molar-refractivity contribution >= 4 is 17.7 Å². The number of halogens is 3. The number of methoxy groups -OCH3 is 1. The summed E-state index contributed by atoms with van der Waals surface area (Å²) in [4.78, 5) is 11.5. The van der Waals surface area contributed by atoms with Gasteiger partial charge in [-0.3, -0.25) is 0 Å². The van der Waals surface area contributed by atoms with E-state index < -0.39 is 22.8 Å². The number of thioether (sulfide) groups is 1. The molecule has 0 radical (unpaired) electrons. The molecule has 7 heteroatoms. The smallest absolute Gasteiger partial charge is 0.427 e. The molecule has 2 unspecified atom stereocenters. The molecule has 3 nitrogen and oxygen atoms in total. The molecule has 22 heavy (non-hydrogen) atoms. The van der Waals surface area contributed by atoms with Crippen LogP contribution in [0.2, 0.25) is 0 Å². The molecule has 1 fully saturated rings. The van der Waals surface area contributed by atoms with Crippen molar-refractivity contribution in [1.82, 2.24) is 0 Å². The first-order chi connectivity index (χ1) is 10.0. The molecule has 1 aliphatic heterocycles. The second kappa shape index (κ2) is 5.83. The number of fused-ring (bicyclic) bond motifs is 1. The molecule has 0 aromatic heterocycles. The van der Waals surface area contributed by atoms with Gasteiger partial charge in [0.15, 0.2) is 10.7 Å². The van der Waals surface area contributed by atoms with E-state index in [-0.39, 0.29) is 10.7 Å². The molecule has 124 valence electrons.